The average molecular weight is 162 g/mol. The van der Waals surface area contributed by atoms with Gasteiger partial charge in [-0.2, -0.15) is 5.26 Å². The van der Waals surface area contributed by atoms with Crippen LogP contribution >= 0.6 is 11.3 Å². The van der Waals surface area contributed by atoms with Crippen LogP contribution in [0.4, 0.5) is 0 Å². The molecule has 54 valence electrons. The first-order valence-corrected chi connectivity index (χ1v) is 4.28. The van der Waals surface area contributed by atoms with E-state index in [1.165, 1.54) is 4.88 Å². The predicted octanol–water partition coefficient (Wildman–Crippen LogP) is 1.85. The lowest BCUT2D eigenvalue weighted by molar-refractivity contribution is 0.792. The molecule has 1 atom stereocenters. The maximum absolute atomic E-state index is 8.63. The van der Waals surface area contributed by atoms with Crippen LogP contribution in [-0.4, -0.2) is 4.98 Å². The Morgan fingerprint density at radius 2 is 2.64 bits per heavy atom. The Labute approximate surface area is 68.8 Å². The molecule has 0 saturated heterocycles. The summed E-state index contributed by atoms with van der Waals surface area (Å²) in [7, 11) is 0. The van der Waals surface area contributed by atoms with Gasteiger partial charge in [-0.15, -0.1) is 11.3 Å². The van der Waals surface area contributed by atoms with E-state index >= 15 is 0 Å². The largest absolute Gasteiger partial charge is 0.249 e. The highest BCUT2D eigenvalue weighted by molar-refractivity contribution is 7.10. The first-order chi connectivity index (χ1) is 5.40. The van der Waals surface area contributed by atoms with Gasteiger partial charge in [0.2, 0.25) is 0 Å². The van der Waals surface area contributed by atoms with Crippen LogP contribution in [0.15, 0.2) is 11.6 Å². The third-order valence-corrected chi connectivity index (χ3v) is 2.57. The molecular weight excluding hydrogens is 156 g/mol. The van der Waals surface area contributed by atoms with E-state index in [9.17, 15) is 0 Å². The minimum absolute atomic E-state index is 0.0320. The Morgan fingerprint density at radius 1 is 1.73 bits per heavy atom. The second kappa shape index (κ2) is 2.48. The number of hydrogen-bond acceptors (Lipinski definition) is 3. The third kappa shape index (κ3) is 1.06. The van der Waals surface area contributed by atoms with Crippen LogP contribution in [0.5, 0.6) is 0 Å². The quantitative estimate of drug-likeness (QED) is 0.583. The van der Waals surface area contributed by atoms with Gasteiger partial charge in [-0.3, -0.25) is 0 Å². The van der Waals surface area contributed by atoms with Gasteiger partial charge in [0.25, 0.3) is 0 Å². The molecule has 0 saturated carbocycles. The number of fused-ring (bicyclic) bond motifs is 1. The lowest BCUT2D eigenvalue weighted by atomic mass is 9.99. The third-order valence-electron chi connectivity index (χ3n) is 1.73. The Kier molecular flexibility index (Phi) is 1.48. The number of allylic oxidation sites excluding steroid dienone is 1. The summed E-state index contributed by atoms with van der Waals surface area (Å²) in [6, 6.07) is 2.21. The van der Waals surface area contributed by atoms with Crippen molar-refractivity contribution in [1.82, 2.24) is 4.98 Å². The summed E-state index contributed by atoms with van der Waals surface area (Å²) in [5, 5.41) is 8.63. The van der Waals surface area contributed by atoms with E-state index in [0.29, 0.717) is 0 Å². The molecule has 1 heterocycles. The van der Waals surface area contributed by atoms with Gasteiger partial charge in [-0.25, -0.2) is 4.98 Å². The molecule has 0 fully saturated rings. The fourth-order valence-corrected chi connectivity index (χ4v) is 1.86. The van der Waals surface area contributed by atoms with E-state index in [2.05, 4.69) is 11.1 Å². The van der Waals surface area contributed by atoms with Crippen molar-refractivity contribution >= 4 is 17.4 Å². The Bertz CT molecular complexity index is 332. The molecule has 1 aromatic rings. The van der Waals surface area contributed by atoms with Crippen LogP contribution in [-0.2, 0) is 6.42 Å². The van der Waals surface area contributed by atoms with Gasteiger partial charge in [-0.05, 0) is 6.08 Å². The van der Waals surface area contributed by atoms with E-state index < -0.39 is 0 Å². The Balaban J connectivity index is 2.37. The first-order valence-electron chi connectivity index (χ1n) is 3.40. The van der Waals surface area contributed by atoms with Gasteiger partial charge >= 0.3 is 0 Å². The van der Waals surface area contributed by atoms with E-state index in [1.807, 2.05) is 17.7 Å². The minimum atomic E-state index is 0.0320. The fourth-order valence-electron chi connectivity index (χ4n) is 1.14. The topological polar surface area (TPSA) is 36.7 Å². The SMILES string of the molecule is N#CC1C=Cc2scnc2C1. The highest BCUT2D eigenvalue weighted by atomic mass is 32.1. The van der Waals surface area contributed by atoms with Crippen molar-refractivity contribution in [2.75, 3.05) is 0 Å². The van der Waals surface area contributed by atoms with Crippen molar-refractivity contribution in [3.63, 3.8) is 0 Å². The molecule has 2 nitrogen and oxygen atoms in total. The molecular formula is C8H6N2S. The summed E-state index contributed by atoms with van der Waals surface area (Å²) in [4.78, 5) is 5.38. The van der Waals surface area contributed by atoms with Crippen LogP contribution < -0.4 is 0 Å². The smallest absolute Gasteiger partial charge is 0.0801 e. The summed E-state index contributed by atoms with van der Waals surface area (Å²) in [5.74, 6) is 0.0320. The average Bonchev–Trinajstić information content (AvgIpc) is 2.50. The summed E-state index contributed by atoms with van der Waals surface area (Å²) < 4.78 is 0. The lowest BCUT2D eigenvalue weighted by Gasteiger charge is -2.06. The van der Waals surface area contributed by atoms with E-state index in [4.69, 9.17) is 5.26 Å². The maximum atomic E-state index is 8.63. The Morgan fingerprint density at radius 3 is 3.45 bits per heavy atom. The molecule has 11 heavy (non-hydrogen) atoms. The van der Waals surface area contributed by atoms with Gasteiger partial charge in [0.15, 0.2) is 0 Å². The van der Waals surface area contributed by atoms with E-state index in [1.54, 1.807) is 11.3 Å². The Hall–Kier alpha value is -1.14. The summed E-state index contributed by atoms with van der Waals surface area (Å²) in [6.07, 6.45) is 4.72. The molecule has 1 aliphatic rings. The zero-order valence-electron chi connectivity index (χ0n) is 5.82. The van der Waals surface area contributed by atoms with Gasteiger partial charge in [0.05, 0.1) is 23.2 Å². The van der Waals surface area contributed by atoms with E-state index in [0.717, 1.165) is 12.1 Å². The fraction of sp³-hybridized carbons (Fsp3) is 0.250. The van der Waals surface area contributed by atoms with Crippen LogP contribution in [0.1, 0.15) is 10.6 Å². The van der Waals surface area contributed by atoms with Crippen molar-refractivity contribution in [1.29, 1.82) is 5.26 Å². The summed E-state index contributed by atoms with van der Waals surface area (Å²) >= 11 is 1.63. The molecule has 0 aromatic carbocycles. The summed E-state index contributed by atoms with van der Waals surface area (Å²) in [6.45, 7) is 0. The van der Waals surface area contributed by atoms with E-state index in [-0.39, 0.29) is 5.92 Å². The minimum Gasteiger partial charge on any atom is -0.249 e. The number of nitriles is 1. The second-order valence-electron chi connectivity index (χ2n) is 2.46. The standard InChI is InChI=1S/C8H6N2S/c9-4-6-1-2-8-7(3-6)10-5-11-8/h1-2,5-6H,3H2. The van der Waals surface area contributed by atoms with Crippen LogP contribution in [0.2, 0.25) is 0 Å². The maximum Gasteiger partial charge on any atom is 0.0801 e. The summed E-state index contributed by atoms with van der Waals surface area (Å²) in [5.41, 5.74) is 2.90. The highest BCUT2D eigenvalue weighted by Gasteiger charge is 2.14. The van der Waals surface area contributed by atoms with Gasteiger partial charge < -0.3 is 0 Å². The number of hydrogen-bond donors (Lipinski definition) is 0. The van der Waals surface area contributed by atoms with Crippen molar-refractivity contribution in [2.24, 2.45) is 5.92 Å². The van der Waals surface area contributed by atoms with Gasteiger partial charge in [0.1, 0.15) is 0 Å². The van der Waals surface area contributed by atoms with Crippen molar-refractivity contribution in [2.45, 2.75) is 6.42 Å². The number of thiazole rings is 1. The molecule has 1 aliphatic carbocycles. The first kappa shape index (κ1) is 6.56. The van der Waals surface area contributed by atoms with Crippen molar-refractivity contribution in [3.8, 4) is 6.07 Å². The lowest BCUT2D eigenvalue weighted by Crippen LogP contribution is -2.03. The highest BCUT2D eigenvalue weighted by Crippen LogP contribution is 2.24. The van der Waals surface area contributed by atoms with Gasteiger partial charge in [-0.1, -0.05) is 6.08 Å². The van der Waals surface area contributed by atoms with Crippen LogP contribution in [0.25, 0.3) is 6.08 Å². The molecule has 3 heteroatoms. The molecule has 0 spiro atoms. The van der Waals surface area contributed by atoms with Crippen LogP contribution in [0.3, 0.4) is 0 Å². The molecule has 0 amide bonds. The number of rotatable bonds is 0. The second-order valence-corrected chi connectivity index (χ2v) is 3.35. The van der Waals surface area contributed by atoms with Gasteiger partial charge in [0, 0.05) is 11.3 Å². The van der Waals surface area contributed by atoms with Crippen LogP contribution in [0, 0.1) is 17.2 Å². The number of nitrogens with zero attached hydrogens (tertiary/aromatic N) is 2. The molecule has 1 aromatic heterocycles. The predicted molar refractivity (Wildman–Crippen MR) is 44.0 cm³/mol. The number of aromatic nitrogens is 1. The normalized spacial score (nSPS) is 20.8. The molecule has 0 radical (unpaired) electrons. The molecule has 1 unspecified atom stereocenters. The molecule has 0 N–H and O–H groups in total. The van der Waals surface area contributed by atoms with Crippen molar-refractivity contribution in [3.05, 3.63) is 22.2 Å². The molecule has 0 bridgehead atoms. The molecule has 0 aliphatic heterocycles. The molecule has 2 rings (SSSR count). The monoisotopic (exact) mass is 162 g/mol. The zero-order valence-corrected chi connectivity index (χ0v) is 6.64. The van der Waals surface area contributed by atoms with Crippen molar-refractivity contribution < 1.29 is 0 Å². The zero-order chi connectivity index (χ0) is 7.68.